The number of aromatic amines is 1. The maximum absolute atomic E-state index is 13.5. The van der Waals surface area contributed by atoms with Crippen LogP contribution in [0.2, 0.25) is 5.02 Å². The number of nitrogens with zero attached hydrogens (tertiary/aromatic N) is 2. The predicted molar refractivity (Wildman–Crippen MR) is 215 cm³/mol. The first kappa shape index (κ1) is 38.7. The van der Waals surface area contributed by atoms with E-state index in [4.69, 9.17) is 21.1 Å². The van der Waals surface area contributed by atoms with Crippen molar-refractivity contribution in [3.8, 4) is 28.4 Å². The van der Waals surface area contributed by atoms with Gasteiger partial charge in [0.15, 0.2) is 0 Å². The number of anilines is 2. The van der Waals surface area contributed by atoms with E-state index in [2.05, 4.69) is 20.5 Å². The molecule has 3 heterocycles. The molecule has 1 fully saturated rings. The van der Waals surface area contributed by atoms with E-state index in [1.165, 1.54) is 18.2 Å². The van der Waals surface area contributed by atoms with Crippen molar-refractivity contribution in [3.05, 3.63) is 111 Å². The number of hydrogen-bond donors (Lipinski definition) is 6. The predicted octanol–water partition coefficient (Wildman–Crippen LogP) is 6.08. The van der Waals surface area contributed by atoms with Crippen molar-refractivity contribution in [2.75, 3.05) is 50.1 Å². The Morgan fingerprint density at radius 2 is 1.77 bits per heavy atom. The smallest absolute Gasteiger partial charge is 0.411 e. The third-order valence-corrected chi connectivity index (χ3v) is 10.8. The molecule has 0 saturated carbocycles. The summed E-state index contributed by atoms with van der Waals surface area (Å²) >= 11 is 6.11. The molecule has 0 radical (unpaired) electrons. The van der Waals surface area contributed by atoms with Gasteiger partial charge in [0.25, 0.3) is 0 Å². The molecule has 2 amide bonds. The van der Waals surface area contributed by atoms with Crippen molar-refractivity contribution in [1.82, 2.24) is 15.2 Å². The van der Waals surface area contributed by atoms with Crippen LogP contribution < -0.4 is 25.8 Å². The number of aliphatic hydroxyl groups is 1. The molecule has 4 aromatic carbocycles. The van der Waals surface area contributed by atoms with E-state index in [0.29, 0.717) is 74.4 Å². The fourth-order valence-electron chi connectivity index (χ4n) is 7.51. The minimum atomic E-state index is -0.900. The van der Waals surface area contributed by atoms with Crippen LogP contribution in [0.5, 0.6) is 17.2 Å². The molecule has 2 aliphatic heterocycles. The molecule has 0 unspecified atom stereocenters. The number of nitrogens with one attached hydrogen (secondary N) is 3. The lowest BCUT2D eigenvalue weighted by Crippen LogP contribution is -2.40. The van der Waals surface area contributed by atoms with Gasteiger partial charge in [-0.25, -0.2) is 4.79 Å². The summed E-state index contributed by atoms with van der Waals surface area (Å²) in [6, 6.07) is 22.2. The van der Waals surface area contributed by atoms with Gasteiger partial charge in [-0.1, -0.05) is 41.9 Å². The van der Waals surface area contributed by atoms with Gasteiger partial charge in [-0.2, -0.15) is 0 Å². The number of fused-ring (bicyclic) bond motifs is 2. The summed E-state index contributed by atoms with van der Waals surface area (Å²) in [5.41, 5.74) is 5.38. The van der Waals surface area contributed by atoms with Crippen molar-refractivity contribution in [2.45, 2.75) is 44.4 Å². The number of likely N-dealkylation sites (tertiary alicyclic amines) is 1. The lowest BCUT2D eigenvalue weighted by molar-refractivity contribution is -0.118. The van der Waals surface area contributed by atoms with Crippen molar-refractivity contribution < 1.29 is 34.4 Å². The van der Waals surface area contributed by atoms with E-state index in [-0.39, 0.29) is 46.2 Å². The molecule has 1 aromatic heterocycles. The first-order valence-corrected chi connectivity index (χ1v) is 19.0. The quantitative estimate of drug-likeness (QED) is 0.0870. The summed E-state index contributed by atoms with van der Waals surface area (Å²) < 4.78 is 11.5. The molecule has 14 heteroatoms. The van der Waals surface area contributed by atoms with Gasteiger partial charge in [-0.05, 0) is 72.4 Å². The monoisotopic (exact) mass is 781 g/mol. The molecule has 56 heavy (non-hydrogen) atoms. The van der Waals surface area contributed by atoms with E-state index in [1.54, 1.807) is 37.4 Å². The molecular formula is C42H44ClN5O8. The highest BCUT2D eigenvalue weighted by molar-refractivity contribution is 6.32. The number of para-hydroxylation sites is 1. The molecule has 7 rings (SSSR count). The summed E-state index contributed by atoms with van der Waals surface area (Å²) in [5, 5.41) is 37.9. The second-order valence-corrected chi connectivity index (χ2v) is 14.5. The lowest BCUT2D eigenvalue weighted by Gasteiger charge is -2.31. The number of carbonyl (C=O) groups is 2. The number of halogens is 1. The zero-order chi connectivity index (χ0) is 39.3. The fraction of sp³-hybridized carbons (Fsp3) is 0.310. The largest absolute Gasteiger partial charge is 0.506 e. The molecule has 0 spiro atoms. The zero-order valence-corrected chi connectivity index (χ0v) is 31.6. The van der Waals surface area contributed by atoms with Crippen LogP contribution in [-0.4, -0.2) is 83.1 Å². The second-order valence-electron chi connectivity index (χ2n) is 14.1. The number of phenols is 2. The molecule has 6 N–H and O–H groups in total. The van der Waals surface area contributed by atoms with E-state index in [1.807, 2.05) is 35.2 Å². The standard InChI is InChI=1S/C42H44ClN5O8/c1-55-38-22-34-26(20-27(38)23-44-24-37(51)30-7-10-36(50)41-31(30)8-11-39(52)46-41)12-19-48(34)40(53)15-18-47-16-13-28(14-17-47)56-42(54)45-33-5-3-2-4-29(33)25-6-9-35(49)32(43)21-25/h2-11,20-22,28,37,44,49-51H,12-19,23-24H2,1H3,(H,45,54)(H,46,52)/t37-/m0/s1. The molecule has 13 nitrogen and oxygen atoms in total. The highest BCUT2D eigenvalue weighted by atomic mass is 35.5. The molecule has 0 bridgehead atoms. The molecule has 1 saturated heterocycles. The van der Waals surface area contributed by atoms with Gasteiger partial charge in [0.1, 0.15) is 23.4 Å². The molecule has 2 aliphatic rings. The van der Waals surface area contributed by atoms with Gasteiger partial charge < -0.3 is 44.9 Å². The summed E-state index contributed by atoms with van der Waals surface area (Å²) in [4.78, 5) is 44.8. The van der Waals surface area contributed by atoms with Crippen molar-refractivity contribution >= 4 is 45.9 Å². The Bertz CT molecular complexity index is 2310. The van der Waals surface area contributed by atoms with E-state index < -0.39 is 12.2 Å². The number of methoxy groups -OCH3 is 1. The number of piperidine rings is 1. The number of rotatable bonds is 12. The number of pyridine rings is 1. The normalized spacial score (nSPS) is 15.1. The van der Waals surface area contributed by atoms with Gasteiger partial charge in [-0.3, -0.25) is 14.9 Å². The second kappa shape index (κ2) is 17.0. The summed E-state index contributed by atoms with van der Waals surface area (Å²) in [7, 11) is 1.59. The third-order valence-electron chi connectivity index (χ3n) is 10.5. The Kier molecular flexibility index (Phi) is 11.8. The number of aromatic nitrogens is 1. The molecule has 5 aromatic rings. The number of aliphatic hydroxyl groups excluding tert-OH is 1. The number of benzene rings is 4. The summed E-state index contributed by atoms with van der Waals surface area (Å²) in [6.45, 7) is 3.21. The van der Waals surface area contributed by atoms with E-state index in [0.717, 1.165) is 34.4 Å². The minimum Gasteiger partial charge on any atom is -0.506 e. The van der Waals surface area contributed by atoms with Crippen LogP contribution in [-0.2, 0) is 22.5 Å². The maximum Gasteiger partial charge on any atom is 0.411 e. The van der Waals surface area contributed by atoms with Crippen molar-refractivity contribution in [3.63, 3.8) is 0 Å². The zero-order valence-electron chi connectivity index (χ0n) is 30.9. The van der Waals surface area contributed by atoms with Gasteiger partial charge in [-0.15, -0.1) is 0 Å². The van der Waals surface area contributed by atoms with Gasteiger partial charge in [0, 0.05) is 74.3 Å². The molecule has 0 aliphatic carbocycles. The van der Waals surface area contributed by atoms with Crippen molar-refractivity contribution in [2.24, 2.45) is 0 Å². The van der Waals surface area contributed by atoms with Crippen LogP contribution in [0.4, 0.5) is 16.2 Å². The fourth-order valence-corrected chi connectivity index (χ4v) is 7.69. The Morgan fingerprint density at radius 3 is 2.55 bits per heavy atom. The van der Waals surface area contributed by atoms with Crippen LogP contribution >= 0.6 is 11.6 Å². The summed E-state index contributed by atoms with van der Waals surface area (Å²) in [5.74, 6) is 0.591. The maximum atomic E-state index is 13.5. The number of hydrogen-bond acceptors (Lipinski definition) is 10. The van der Waals surface area contributed by atoms with Crippen LogP contribution in [0.25, 0.3) is 22.0 Å². The van der Waals surface area contributed by atoms with Gasteiger partial charge in [0.05, 0.1) is 35.1 Å². The minimum absolute atomic E-state index is 0.0163. The Hall–Kier alpha value is -5.60. The van der Waals surface area contributed by atoms with Crippen LogP contribution in [0.1, 0.15) is 42.1 Å². The first-order valence-electron chi connectivity index (χ1n) is 18.6. The summed E-state index contributed by atoms with van der Waals surface area (Å²) in [6.07, 6.45) is 0.687. The van der Waals surface area contributed by atoms with Crippen LogP contribution in [0, 0.1) is 0 Å². The number of carbonyl (C=O) groups excluding carboxylic acids is 2. The third kappa shape index (κ3) is 8.61. The number of amides is 2. The van der Waals surface area contributed by atoms with Crippen LogP contribution in [0.15, 0.2) is 83.7 Å². The number of aromatic hydroxyl groups is 2. The van der Waals surface area contributed by atoms with Crippen molar-refractivity contribution in [1.29, 1.82) is 0 Å². The Labute approximate surface area is 328 Å². The average molecular weight is 782 g/mol. The first-order chi connectivity index (χ1) is 27.1. The number of ether oxygens (including phenoxy) is 2. The Balaban J connectivity index is 0.878. The number of H-pyrrole nitrogens is 1. The molecular weight excluding hydrogens is 738 g/mol. The Morgan fingerprint density at radius 1 is 0.982 bits per heavy atom. The van der Waals surface area contributed by atoms with E-state index in [9.17, 15) is 29.7 Å². The topological polar surface area (TPSA) is 177 Å². The highest BCUT2D eigenvalue weighted by Crippen LogP contribution is 2.36. The molecule has 292 valence electrons. The van der Waals surface area contributed by atoms with Gasteiger partial charge in [0.2, 0.25) is 11.5 Å². The lowest BCUT2D eigenvalue weighted by atomic mass is 10.0. The van der Waals surface area contributed by atoms with Crippen LogP contribution in [0.3, 0.4) is 0 Å². The van der Waals surface area contributed by atoms with Gasteiger partial charge >= 0.3 is 6.09 Å². The van der Waals surface area contributed by atoms with E-state index >= 15 is 0 Å². The number of phenolic OH excluding ortho intramolecular Hbond substituents is 2. The SMILES string of the molecule is COc1cc2c(cc1CNC[C@H](O)c1ccc(O)c3[nH]c(=O)ccc13)CCN2C(=O)CCN1CCC(OC(=O)Nc2ccccc2-c2ccc(O)c(Cl)c2)CC1. The average Bonchev–Trinajstić information content (AvgIpc) is 3.61. The molecule has 1 atom stereocenters. The highest BCUT2D eigenvalue weighted by Gasteiger charge is 2.28.